The van der Waals surface area contributed by atoms with Gasteiger partial charge in [-0.25, -0.2) is 8.42 Å². The van der Waals surface area contributed by atoms with E-state index in [1.165, 1.54) is 0 Å². The van der Waals surface area contributed by atoms with Crippen molar-refractivity contribution >= 4 is 15.5 Å². The van der Waals surface area contributed by atoms with Crippen LogP contribution in [0.2, 0.25) is 0 Å². The van der Waals surface area contributed by atoms with Crippen molar-refractivity contribution < 1.29 is 8.42 Å². The van der Waals surface area contributed by atoms with Gasteiger partial charge in [-0.3, -0.25) is 4.68 Å². The van der Waals surface area contributed by atoms with Gasteiger partial charge in [-0.1, -0.05) is 13.3 Å². The van der Waals surface area contributed by atoms with Crippen LogP contribution < -0.4 is 5.73 Å². The third-order valence-corrected chi connectivity index (χ3v) is 4.72. The molecule has 1 atom stereocenters. The van der Waals surface area contributed by atoms with Crippen LogP contribution >= 0.6 is 0 Å². The first kappa shape index (κ1) is 11.4. The van der Waals surface area contributed by atoms with Gasteiger partial charge in [-0.15, -0.1) is 0 Å². The molecule has 1 aliphatic heterocycles. The molecule has 0 aliphatic carbocycles. The lowest BCUT2D eigenvalue weighted by atomic mass is 10.2. The molecule has 1 unspecified atom stereocenters. The molecule has 16 heavy (non-hydrogen) atoms. The molecule has 0 bridgehead atoms. The number of sulfone groups is 1. The molecule has 1 aliphatic rings. The summed E-state index contributed by atoms with van der Waals surface area (Å²) in [5.74, 6) is 0.466. The van der Waals surface area contributed by atoms with E-state index in [0.717, 1.165) is 18.5 Å². The molecule has 0 radical (unpaired) electrons. The first-order valence-corrected chi connectivity index (χ1v) is 7.38. The standard InChI is InChI=1S/C10H17N3O2S/c1-2-3-10-9(11)6-12-13(10)8-4-5-16(14,15)7-8/h6,8H,2-5,7,11H2,1H3. The van der Waals surface area contributed by atoms with Crippen molar-refractivity contribution in [2.45, 2.75) is 32.2 Å². The number of nitrogens with two attached hydrogens (primary N) is 1. The number of nitrogen functional groups attached to an aromatic ring is 1. The Kier molecular flexibility index (Phi) is 2.92. The first-order chi connectivity index (χ1) is 7.53. The number of hydrogen-bond acceptors (Lipinski definition) is 4. The zero-order valence-electron chi connectivity index (χ0n) is 9.39. The van der Waals surface area contributed by atoms with E-state index < -0.39 is 9.84 Å². The van der Waals surface area contributed by atoms with E-state index in [0.29, 0.717) is 12.1 Å². The number of rotatable bonds is 3. The van der Waals surface area contributed by atoms with Crippen LogP contribution in [0, 0.1) is 0 Å². The van der Waals surface area contributed by atoms with E-state index in [2.05, 4.69) is 12.0 Å². The van der Waals surface area contributed by atoms with Crippen LogP contribution in [0.15, 0.2) is 6.20 Å². The molecular formula is C10H17N3O2S. The number of hydrogen-bond donors (Lipinski definition) is 1. The Morgan fingerprint density at radius 3 is 2.94 bits per heavy atom. The quantitative estimate of drug-likeness (QED) is 0.851. The van der Waals surface area contributed by atoms with Crippen molar-refractivity contribution in [3.63, 3.8) is 0 Å². The van der Waals surface area contributed by atoms with Crippen molar-refractivity contribution in [3.8, 4) is 0 Å². The van der Waals surface area contributed by atoms with Gasteiger partial charge < -0.3 is 5.73 Å². The van der Waals surface area contributed by atoms with Crippen molar-refractivity contribution in [2.24, 2.45) is 0 Å². The molecule has 0 spiro atoms. The van der Waals surface area contributed by atoms with Crippen LogP contribution in [-0.4, -0.2) is 29.7 Å². The third kappa shape index (κ3) is 2.07. The highest BCUT2D eigenvalue weighted by Crippen LogP contribution is 2.26. The minimum atomic E-state index is -2.87. The fourth-order valence-corrected chi connectivity index (χ4v) is 3.87. The molecule has 1 aromatic rings. The molecule has 0 aromatic carbocycles. The Hall–Kier alpha value is -1.04. The summed E-state index contributed by atoms with van der Waals surface area (Å²) in [7, 11) is -2.87. The predicted octanol–water partition coefficient (Wildman–Crippen LogP) is 0.777. The van der Waals surface area contributed by atoms with Crippen molar-refractivity contribution in [2.75, 3.05) is 17.2 Å². The summed E-state index contributed by atoms with van der Waals surface area (Å²) < 4.78 is 24.6. The average Bonchev–Trinajstić information content (AvgIpc) is 2.72. The van der Waals surface area contributed by atoms with E-state index >= 15 is 0 Å². The molecular weight excluding hydrogens is 226 g/mol. The van der Waals surface area contributed by atoms with Gasteiger partial charge in [0, 0.05) is 0 Å². The number of nitrogens with zero attached hydrogens (tertiary/aromatic N) is 2. The molecule has 2 N–H and O–H groups in total. The maximum Gasteiger partial charge on any atom is 0.152 e. The fraction of sp³-hybridized carbons (Fsp3) is 0.700. The maximum atomic E-state index is 11.4. The lowest BCUT2D eigenvalue weighted by molar-refractivity contribution is 0.479. The summed E-state index contributed by atoms with van der Waals surface area (Å²) in [6, 6.07) is -0.0242. The molecule has 1 saturated heterocycles. The van der Waals surface area contributed by atoms with Crippen LogP contribution in [0.5, 0.6) is 0 Å². The van der Waals surface area contributed by atoms with Crippen molar-refractivity contribution in [3.05, 3.63) is 11.9 Å². The van der Waals surface area contributed by atoms with E-state index in [-0.39, 0.29) is 17.5 Å². The van der Waals surface area contributed by atoms with Gasteiger partial charge >= 0.3 is 0 Å². The third-order valence-electron chi connectivity index (χ3n) is 2.97. The normalized spacial score (nSPS) is 23.7. The molecule has 1 aromatic heterocycles. The molecule has 90 valence electrons. The fourth-order valence-electron chi connectivity index (χ4n) is 2.18. The molecule has 1 fully saturated rings. The van der Waals surface area contributed by atoms with Crippen molar-refractivity contribution in [1.29, 1.82) is 0 Å². The minimum absolute atomic E-state index is 0.0242. The Morgan fingerprint density at radius 2 is 2.38 bits per heavy atom. The number of aromatic nitrogens is 2. The highest BCUT2D eigenvalue weighted by Gasteiger charge is 2.31. The molecule has 5 nitrogen and oxygen atoms in total. The highest BCUT2D eigenvalue weighted by molar-refractivity contribution is 7.91. The summed E-state index contributed by atoms with van der Waals surface area (Å²) in [5, 5.41) is 4.21. The second-order valence-corrected chi connectivity index (χ2v) is 6.53. The van der Waals surface area contributed by atoms with E-state index in [9.17, 15) is 8.42 Å². The van der Waals surface area contributed by atoms with E-state index in [1.54, 1.807) is 6.20 Å². The monoisotopic (exact) mass is 243 g/mol. The SMILES string of the molecule is CCCc1c(N)cnn1C1CCS(=O)(=O)C1. The summed E-state index contributed by atoms with van der Waals surface area (Å²) in [4.78, 5) is 0. The highest BCUT2D eigenvalue weighted by atomic mass is 32.2. The Bertz CT molecular complexity index is 478. The van der Waals surface area contributed by atoms with Crippen LogP contribution in [0.1, 0.15) is 31.5 Å². The Labute approximate surface area is 95.6 Å². The molecule has 2 rings (SSSR count). The Balaban J connectivity index is 2.28. The van der Waals surface area contributed by atoms with E-state index in [4.69, 9.17) is 5.73 Å². The molecule has 2 heterocycles. The smallest absolute Gasteiger partial charge is 0.152 e. The molecule has 0 saturated carbocycles. The largest absolute Gasteiger partial charge is 0.396 e. The summed E-state index contributed by atoms with van der Waals surface area (Å²) in [6.07, 6.45) is 4.11. The van der Waals surface area contributed by atoms with Crippen LogP contribution in [0.4, 0.5) is 5.69 Å². The van der Waals surface area contributed by atoms with Gasteiger partial charge in [0.2, 0.25) is 0 Å². The second kappa shape index (κ2) is 4.08. The van der Waals surface area contributed by atoms with Crippen LogP contribution in [0.3, 0.4) is 0 Å². The van der Waals surface area contributed by atoms with Crippen LogP contribution in [0.25, 0.3) is 0 Å². The average molecular weight is 243 g/mol. The summed E-state index contributed by atoms with van der Waals surface area (Å²) in [5.41, 5.74) is 7.48. The zero-order chi connectivity index (χ0) is 11.8. The lowest BCUT2D eigenvalue weighted by Gasteiger charge is -2.13. The lowest BCUT2D eigenvalue weighted by Crippen LogP contribution is -2.15. The van der Waals surface area contributed by atoms with Gasteiger partial charge in [0.15, 0.2) is 9.84 Å². The van der Waals surface area contributed by atoms with Crippen molar-refractivity contribution in [1.82, 2.24) is 9.78 Å². The van der Waals surface area contributed by atoms with Crippen LogP contribution in [-0.2, 0) is 16.3 Å². The molecule has 0 amide bonds. The summed E-state index contributed by atoms with van der Waals surface area (Å²) >= 11 is 0. The maximum absolute atomic E-state index is 11.4. The van der Waals surface area contributed by atoms with Gasteiger partial charge in [0.1, 0.15) is 0 Å². The second-order valence-electron chi connectivity index (χ2n) is 4.30. The van der Waals surface area contributed by atoms with Gasteiger partial charge in [0.05, 0.1) is 35.1 Å². The first-order valence-electron chi connectivity index (χ1n) is 5.56. The van der Waals surface area contributed by atoms with Gasteiger partial charge in [0.25, 0.3) is 0 Å². The summed E-state index contributed by atoms with van der Waals surface area (Å²) in [6.45, 7) is 2.07. The topological polar surface area (TPSA) is 78.0 Å². The van der Waals surface area contributed by atoms with Gasteiger partial charge in [-0.2, -0.15) is 5.10 Å². The predicted molar refractivity (Wildman–Crippen MR) is 62.9 cm³/mol. The van der Waals surface area contributed by atoms with E-state index in [1.807, 2.05) is 4.68 Å². The number of anilines is 1. The zero-order valence-corrected chi connectivity index (χ0v) is 10.2. The molecule has 6 heteroatoms. The Morgan fingerprint density at radius 1 is 1.62 bits per heavy atom. The van der Waals surface area contributed by atoms with Gasteiger partial charge in [-0.05, 0) is 12.8 Å². The minimum Gasteiger partial charge on any atom is -0.396 e.